The van der Waals surface area contributed by atoms with Crippen LogP contribution >= 0.6 is 0 Å². The molecule has 0 saturated carbocycles. The number of fused-ring (bicyclic) bond motifs is 1. The monoisotopic (exact) mass is 290 g/mol. The number of aliphatic hydroxyl groups is 3. The number of hydrogen-bond acceptors (Lipinski definition) is 7. The molecule has 2 aromatic heterocycles. The molecule has 3 rings (SSSR count). The Balaban J connectivity index is 2.15. The van der Waals surface area contributed by atoms with Gasteiger partial charge in [-0.2, -0.15) is 0 Å². The summed E-state index contributed by atoms with van der Waals surface area (Å²) in [4.78, 5) is 7.88. The predicted octanol–water partition coefficient (Wildman–Crippen LogP) is -1.75. The van der Waals surface area contributed by atoms with Gasteiger partial charge in [0.05, 0.1) is 6.61 Å². The minimum absolute atomic E-state index is 0.199. The molecule has 0 radical (unpaired) electrons. The van der Waals surface area contributed by atoms with Crippen molar-refractivity contribution >= 4 is 11.6 Å². The molecule has 8 heteroatoms. The molecule has 8 nitrogen and oxygen atoms in total. The molecular formula is C13H14N4O4. The lowest BCUT2D eigenvalue weighted by Crippen LogP contribution is -2.39. The van der Waals surface area contributed by atoms with Gasteiger partial charge in [-0.3, -0.25) is 4.40 Å². The Morgan fingerprint density at radius 2 is 2.24 bits per heavy atom. The highest BCUT2D eigenvalue weighted by Crippen LogP contribution is 2.40. The lowest BCUT2D eigenvalue weighted by molar-refractivity contribution is -0.0598. The first-order valence-corrected chi connectivity index (χ1v) is 6.25. The minimum atomic E-state index is -1.58. The lowest BCUT2D eigenvalue weighted by atomic mass is 9.89. The summed E-state index contributed by atoms with van der Waals surface area (Å²) in [7, 11) is 0. The van der Waals surface area contributed by atoms with Gasteiger partial charge in [0.25, 0.3) is 0 Å². The van der Waals surface area contributed by atoms with Crippen molar-refractivity contribution in [3.05, 3.63) is 24.2 Å². The molecule has 0 aliphatic carbocycles. The maximum Gasteiger partial charge on any atom is 0.207 e. The van der Waals surface area contributed by atoms with E-state index in [1.54, 1.807) is 12.3 Å². The number of nitrogens with zero attached hydrogens (tertiary/aromatic N) is 3. The van der Waals surface area contributed by atoms with Crippen LogP contribution in [0.15, 0.2) is 18.6 Å². The van der Waals surface area contributed by atoms with E-state index in [0.717, 1.165) is 0 Å². The molecule has 4 atom stereocenters. The average Bonchev–Trinajstić information content (AvgIpc) is 3.02. The Morgan fingerprint density at radius 1 is 1.48 bits per heavy atom. The summed E-state index contributed by atoms with van der Waals surface area (Å²) < 4.78 is 7.03. The van der Waals surface area contributed by atoms with Crippen LogP contribution in [0.2, 0.25) is 0 Å². The maximum atomic E-state index is 10.3. The number of nitrogens with two attached hydrogens (primary N) is 1. The summed E-state index contributed by atoms with van der Waals surface area (Å²) in [5.41, 5.74) is 5.04. The fourth-order valence-corrected chi connectivity index (χ4v) is 2.56. The normalized spacial score (nSPS) is 32.4. The lowest BCUT2D eigenvalue weighted by Gasteiger charge is -2.25. The van der Waals surface area contributed by atoms with Crippen LogP contribution in [0.1, 0.15) is 5.56 Å². The van der Waals surface area contributed by atoms with Crippen molar-refractivity contribution in [2.45, 2.75) is 23.9 Å². The van der Waals surface area contributed by atoms with E-state index in [1.807, 2.05) is 0 Å². The predicted molar refractivity (Wildman–Crippen MR) is 71.9 cm³/mol. The molecule has 0 amide bonds. The second-order valence-corrected chi connectivity index (χ2v) is 4.84. The number of rotatable bonds is 2. The van der Waals surface area contributed by atoms with Gasteiger partial charge in [-0.1, -0.05) is 5.92 Å². The first-order valence-electron chi connectivity index (χ1n) is 6.25. The SMILES string of the molecule is C#C[C@@]1(c2cc3ncnc(N)n3c2)O[C@H](CO)[C@@H](O)[C@H]1O. The van der Waals surface area contributed by atoms with Crippen LogP contribution in [0.4, 0.5) is 5.95 Å². The fraction of sp³-hybridized carbons (Fsp3) is 0.385. The van der Waals surface area contributed by atoms with Crippen LogP contribution in [0.5, 0.6) is 0 Å². The number of nitrogen functional groups attached to an aromatic ring is 1. The van der Waals surface area contributed by atoms with Crippen molar-refractivity contribution in [1.29, 1.82) is 0 Å². The first-order chi connectivity index (χ1) is 10.0. The molecule has 1 fully saturated rings. The Bertz CT molecular complexity index is 725. The molecule has 3 heterocycles. The van der Waals surface area contributed by atoms with Crippen molar-refractivity contribution in [1.82, 2.24) is 14.4 Å². The number of aliphatic hydroxyl groups excluding tert-OH is 3. The van der Waals surface area contributed by atoms with Gasteiger partial charge in [0.2, 0.25) is 5.95 Å². The zero-order valence-electron chi connectivity index (χ0n) is 10.9. The van der Waals surface area contributed by atoms with E-state index in [2.05, 4.69) is 15.9 Å². The van der Waals surface area contributed by atoms with Crippen molar-refractivity contribution in [3.8, 4) is 12.3 Å². The van der Waals surface area contributed by atoms with Crippen LogP contribution in [-0.4, -0.2) is 54.6 Å². The summed E-state index contributed by atoms with van der Waals surface area (Å²) in [5.74, 6) is 2.57. The second-order valence-electron chi connectivity index (χ2n) is 4.84. The summed E-state index contributed by atoms with van der Waals surface area (Å²) in [5, 5.41) is 29.4. The fourth-order valence-electron chi connectivity index (χ4n) is 2.56. The van der Waals surface area contributed by atoms with Gasteiger partial charge in [0.1, 0.15) is 30.3 Å². The van der Waals surface area contributed by atoms with Gasteiger partial charge in [-0.25, -0.2) is 9.97 Å². The number of terminal acetylenes is 1. The van der Waals surface area contributed by atoms with Crippen molar-refractivity contribution in [2.75, 3.05) is 12.3 Å². The zero-order valence-corrected chi connectivity index (χ0v) is 10.9. The van der Waals surface area contributed by atoms with Crippen LogP contribution in [0.3, 0.4) is 0 Å². The van der Waals surface area contributed by atoms with Crippen LogP contribution in [-0.2, 0) is 10.3 Å². The molecule has 21 heavy (non-hydrogen) atoms. The topological polar surface area (TPSA) is 126 Å². The van der Waals surface area contributed by atoms with Crippen molar-refractivity contribution in [3.63, 3.8) is 0 Å². The smallest absolute Gasteiger partial charge is 0.207 e. The molecule has 0 bridgehead atoms. The third-order valence-corrected chi connectivity index (χ3v) is 3.71. The summed E-state index contributed by atoms with van der Waals surface area (Å²) in [6.45, 7) is -0.461. The number of anilines is 1. The molecule has 1 aliphatic heterocycles. The highest BCUT2D eigenvalue weighted by atomic mass is 16.6. The number of aromatic nitrogens is 3. The van der Waals surface area contributed by atoms with Crippen LogP contribution in [0.25, 0.3) is 5.65 Å². The molecule has 1 aliphatic rings. The minimum Gasteiger partial charge on any atom is -0.394 e. The highest BCUT2D eigenvalue weighted by molar-refractivity contribution is 5.51. The second kappa shape index (κ2) is 4.68. The summed E-state index contributed by atoms with van der Waals surface area (Å²) >= 11 is 0. The van der Waals surface area contributed by atoms with Gasteiger partial charge in [0.15, 0.2) is 5.60 Å². The standard InChI is InChI=1S/C13H14N4O4/c1-2-13(11(20)10(19)8(5-18)21-13)7-3-9-15-6-16-12(14)17(9)4-7/h1,3-4,6,8,10-11,18-20H,5H2,(H2,14,15,16)/t8-,10-,11-,13+/m1/s1. The van der Waals surface area contributed by atoms with E-state index in [-0.39, 0.29) is 5.95 Å². The Hall–Kier alpha value is -2.18. The van der Waals surface area contributed by atoms with E-state index >= 15 is 0 Å². The van der Waals surface area contributed by atoms with E-state index in [1.165, 1.54) is 10.7 Å². The molecule has 0 spiro atoms. The Labute approximate surface area is 119 Å². The van der Waals surface area contributed by atoms with Gasteiger partial charge >= 0.3 is 0 Å². The van der Waals surface area contributed by atoms with Crippen LogP contribution < -0.4 is 5.73 Å². The quantitative estimate of drug-likeness (QED) is 0.483. The van der Waals surface area contributed by atoms with Gasteiger partial charge in [0, 0.05) is 11.8 Å². The highest BCUT2D eigenvalue weighted by Gasteiger charge is 2.54. The van der Waals surface area contributed by atoms with E-state index < -0.39 is 30.5 Å². The summed E-state index contributed by atoms with van der Waals surface area (Å²) in [6, 6.07) is 1.59. The first kappa shape index (κ1) is 13.8. The number of ether oxygens (including phenoxy) is 1. The zero-order chi connectivity index (χ0) is 15.2. The van der Waals surface area contributed by atoms with E-state index in [4.69, 9.17) is 16.9 Å². The van der Waals surface area contributed by atoms with Gasteiger partial charge < -0.3 is 25.8 Å². The maximum absolute atomic E-state index is 10.3. The third kappa shape index (κ3) is 1.80. The molecule has 0 aromatic carbocycles. The summed E-state index contributed by atoms with van der Waals surface area (Å²) in [6.07, 6.45) is 4.72. The Morgan fingerprint density at radius 3 is 2.81 bits per heavy atom. The Kier molecular flexibility index (Phi) is 3.07. The molecule has 5 N–H and O–H groups in total. The van der Waals surface area contributed by atoms with Crippen LogP contribution in [0, 0.1) is 12.3 Å². The molecule has 2 aromatic rings. The van der Waals surface area contributed by atoms with Crippen molar-refractivity contribution in [2.24, 2.45) is 0 Å². The number of hydrogen-bond donors (Lipinski definition) is 4. The molecular weight excluding hydrogens is 276 g/mol. The van der Waals surface area contributed by atoms with Gasteiger partial charge in [-0.15, -0.1) is 6.42 Å². The van der Waals surface area contributed by atoms with Gasteiger partial charge in [-0.05, 0) is 6.07 Å². The third-order valence-electron chi connectivity index (χ3n) is 3.71. The van der Waals surface area contributed by atoms with Crippen molar-refractivity contribution < 1.29 is 20.1 Å². The molecule has 1 saturated heterocycles. The van der Waals surface area contributed by atoms with E-state index in [0.29, 0.717) is 11.2 Å². The van der Waals surface area contributed by atoms with E-state index in [9.17, 15) is 15.3 Å². The molecule has 0 unspecified atom stereocenters. The average molecular weight is 290 g/mol. The molecule has 110 valence electrons. The largest absolute Gasteiger partial charge is 0.394 e.